The molecule has 1 aliphatic heterocycles. The number of nitrogens with one attached hydrogen (secondary N) is 1. The largest absolute Gasteiger partial charge is 0.372 e. The van der Waals surface area contributed by atoms with Crippen molar-refractivity contribution in [2.24, 2.45) is 11.8 Å². The minimum atomic E-state index is 0.104. The molecule has 0 bridgehead atoms. The zero-order valence-electron chi connectivity index (χ0n) is 12.7. The minimum Gasteiger partial charge on any atom is -0.372 e. The minimum absolute atomic E-state index is 0.104. The molecule has 1 fully saturated rings. The van der Waals surface area contributed by atoms with Gasteiger partial charge in [-0.15, -0.1) is 0 Å². The molecule has 2 heterocycles. The number of carbonyl (C=O) groups excluding carboxylic acids is 1. The van der Waals surface area contributed by atoms with Crippen LogP contribution in [0.2, 0.25) is 0 Å². The topological polar surface area (TPSA) is 45.2 Å². The Hall–Kier alpha value is -1.58. The number of nitrogens with zero attached hydrogens (tertiary/aromatic N) is 2. The van der Waals surface area contributed by atoms with Gasteiger partial charge in [-0.3, -0.25) is 4.79 Å². The Morgan fingerprint density at radius 3 is 2.90 bits per heavy atom. The van der Waals surface area contributed by atoms with Gasteiger partial charge in [-0.05, 0) is 43.2 Å². The summed E-state index contributed by atoms with van der Waals surface area (Å²) in [5.41, 5.74) is 0.679. The summed E-state index contributed by atoms with van der Waals surface area (Å²) in [6, 6.07) is 3.68. The van der Waals surface area contributed by atoms with E-state index in [-0.39, 0.29) is 5.91 Å². The van der Waals surface area contributed by atoms with E-state index in [4.69, 9.17) is 0 Å². The van der Waals surface area contributed by atoms with Crippen LogP contribution in [0.25, 0.3) is 0 Å². The lowest BCUT2D eigenvalue weighted by Gasteiger charge is -2.22. The van der Waals surface area contributed by atoms with Crippen LogP contribution in [0.15, 0.2) is 18.3 Å². The van der Waals surface area contributed by atoms with E-state index in [0.29, 0.717) is 17.3 Å². The van der Waals surface area contributed by atoms with Gasteiger partial charge >= 0.3 is 0 Å². The lowest BCUT2D eigenvalue weighted by atomic mass is 9.89. The van der Waals surface area contributed by atoms with E-state index in [1.165, 1.54) is 6.42 Å². The van der Waals surface area contributed by atoms with Crippen LogP contribution in [0.5, 0.6) is 0 Å². The van der Waals surface area contributed by atoms with Gasteiger partial charge in [-0.1, -0.05) is 13.8 Å². The number of hydrogen-bond acceptors (Lipinski definition) is 3. The van der Waals surface area contributed by atoms with Crippen LogP contribution < -0.4 is 5.32 Å². The molecule has 1 saturated heterocycles. The Morgan fingerprint density at radius 1 is 1.40 bits per heavy atom. The first kappa shape index (κ1) is 14.8. The normalized spacial score (nSPS) is 19.8. The summed E-state index contributed by atoms with van der Waals surface area (Å²) >= 11 is 0. The number of likely N-dealkylation sites (tertiary alicyclic amines) is 1. The van der Waals surface area contributed by atoms with Crippen LogP contribution >= 0.6 is 0 Å². The molecule has 20 heavy (non-hydrogen) atoms. The van der Waals surface area contributed by atoms with Crippen LogP contribution in [0.1, 0.15) is 43.5 Å². The molecule has 1 aliphatic rings. The van der Waals surface area contributed by atoms with Crippen LogP contribution in [-0.4, -0.2) is 35.9 Å². The summed E-state index contributed by atoms with van der Waals surface area (Å²) in [5, 5.41) is 3.00. The second-order valence-electron chi connectivity index (χ2n) is 5.88. The fourth-order valence-electron chi connectivity index (χ4n) is 2.94. The van der Waals surface area contributed by atoms with Gasteiger partial charge in [0.15, 0.2) is 0 Å². The molecule has 0 aromatic carbocycles. The predicted octanol–water partition coefficient (Wildman–Crippen LogP) is 3.02. The smallest absolute Gasteiger partial charge is 0.257 e. The van der Waals surface area contributed by atoms with Crippen molar-refractivity contribution in [2.45, 2.75) is 33.1 Å². The van der Waals surface area contributed by atoms with E-state index in [2.05, 4.69) is 24.1 Å². The van der Waals surface area contributed by atoms with E-state index < -0.39 is 0 Å². The van der Waals surface area contributed by atoms with Gasteiger partial charge in [0.25, 0.3) is 5.91 Å². The second-order valence-corrected chi connectivity index (χ2v) is 5.88. The third-order valence-corrected chi connectivity index (χ3v) is 4.28. The molecule has 1 aromatic heterocycles. The van der Waals surface area contributed by atoms with E-state index >= 15 is 0 Å². The van der Waals surface area contributed by atoms with Crippen LogP contribution in [-0.2, 0) is 0 Å². The molecule has 4 nitrogen and oxygen atoms in total. The summed E-state index contributed by atoms with van der Waals surface area (Å²) in [7, 11) is 1.80. The molecular weight excluding hydrogens is 250 g/mol. The SMILES string of the molecule is CNc1ncccc1C(=O)N1CCCC(C(C)C)CC1. The summed E-state index contributed by atoms with van der Waals surface area (Å²) in [6.07, 6.45) is 5.15. The fourth-order valence-corrected chi connectivity index (χ4v) is 2.94. The fraction of sp³-hybridized carbons (Fsp3) is 0.625. The Bertz CT molecular complexity index is 459. The van der Waals surface area contributed by atoms with Crippen molar-refractivity contribution < 1.29 is 4.79 Å². The average Bonchev–Trinajstić information content (AvgIpc) is 2.72. The molecule has 0 radical (unpaired) electrons. The van der Waals surface area contributed by atoms with Crippen molar-refractivity contribution in [2.75, 3.05) is 25.5 Å². The van der Waals surface area contributed by atoms with E-state index in [0.717, 1.165) is 31.8 Å². The first-order chi connectivity index (χ1) is 9.63. The highest BCUT2D eigenvalue weighted by molar-refractivity contribution is 5.98. The maximum Gasteiger partial charge on any atom is 0.257 e. The molecule has 1 amide bonds. The summed E-state index contributed by atoms with van der Waals surface area (Å²) in [4.78, 5) is 18.9. The molecule has 1 atom stereocenters. The molecule has 1 unspecified atom stereocenters. The molecule has 0 saturated carbocycles. The first-order valence-corrected chi connectivity index (χ1v) is 7.55. The van der Waals surface area contributed by atoms with Crippen molar-refractivity contribution in [3.05, 3.63) is 23.9 Å². The van der Waals surface area contributed by atoms with Crippen molar-refractivity contribution >= 4 is 11.7 Å². The number of rotatable bonds is 3. The molecule has 0 spiro atoms. The van der Waals surface area contributed by atoms with Gasteiger partial charge in [-0.2, -0.15) is 0 Å². The Kier molecular flexibility index (Phi) is 4.99. The van der Waals surface area contributed by atoms with Crippen LogP contribution in [0.4, 0.5) is 5.82 Å². The van der Waals surface area contributed by atoms with Gasteiger partial charge in [0, 0.05) is 26.3 Å². The van der Waals surface area contributed by atoms with E-state index in [1.807, 2.05) is 17.0 Å². The number of hydrogen-bond donors (Lipinski definition) is 1. The Balaban J connectivity index is 2.09. The predicted molar refractivity (Wildman–Crippen MR) is 81.9 cm³/mol. The zero-order valence-corrected chi connectivity index (χ0v) is 12.7. The third kappa shape index (κ3) is 3.30. The zero-order chi connectivity index (χ0) is 14.5. The average molecular weight is 275 g/mol. The second kappa shape index (κ2) is 6.73. The molecule has 110 valence electrons. The summed E-state index contributed by atoms with van der Waals surface area (Å²) in [5.74, 6) is 2.22. The maximum absolute atomic E-state index is 12.7. The highest BCUT2D eigenvalue weighted by Crippen LogP contribution is 2.25. The third-order valence-electron chi connectivity index (χ3n) is 4.28. The summed E-state index contributed by atoms with van der Waals surface area (Å²) < 4.78 is 0. The molecule has 2 rings (SSSR count). The quantitative estimate of drug-likeness (QED) is 0.922. The van der Waals surface area contributed by atoms with Gasteiger partial charge in [0.1, 0.15) is 5.82 Å². The number of amides is 1. The summed E-state index contributed by atoms with van der Waals surface area (Å²) in [6.45, 7) is 6.28. The van der Waals surface area contributed by atoms with Gasteiger partial charge < -0.3 is 10.2 Å². The molecule has 0 aliphatic carbocycles. The lowest BCUT2D eigenvalue weighted by molar-refractivity contribution is 0.0759. The maximum atomic E-state index is 12.7. The van der Waals surface area contributed by atoms with Crippen molar-refractivity contribution in [1.82, 2.24) is 9.88 Å². The highest BCUT2D eigenvalue weighted by atomic mass is 16.2. The van der Waals surface area contributed by atoms with Gasteiger partial charge in [0.05, 0.1) is 5.56 Å². The molecule has 4 heteroatoms. The van der Waals surface area contributed by atoms with E-state index in [1.54, 1.807) is 13.2 Å². The molecular formula is C16H25N3O. The number of carbonyl (C=O) groups is 1. The Labute approximate surface area is 121 Å². The van der Waals surface area contributed by atoms with Crippen molar-refractivity contribution in [1.29, 1.82) is 0 Å². The molecule has 1 aromatic rings. The highest BCUT2D eigenvalue weighted by Gasteiger charge is 2.24. The first-order valence-electron chi connectivity index (χ1n) is 7.55. The Morgan fingerprint density at radius 2 is 2.20 bits per heavy atom. The van der Waals surface area contributed by atoms with Crippen molar-refractivity contribution in [3.8, 4) is 0 Å². The number of pyridine rings is 1. The van der Waals surface area contributed by atoms with Crippen molar-refractivity contribution in [3.63, 3.8) is 0 Å². The lowest BCUT2D eigenvalue weighted by Crippen LogP contribution is -2.32. The van der Waals surface area contributed by atoms with E-state index in [9.17, 15) is 4.79 Å². The van der Waals surface area contributed by atoms with Crippen LogP contribution in [0, 0.1) is 11.8 Å². The number of anilines is 1. The standard InChI is InChI=1S/C16H25N3O/c1-12(2)13-6-5-10-19(11-8-13)16(20)14-7-4-9-18-15(14)17-3/h4,7,9,12-13H,5-6,8,10-11H2,1-3H3,(H,17,18). The monoisotopic (exact) mass is 275 g/mol. The molecule has 1 N–H and O–H groups in total. The number of aromatic nitrogens is 1. The van der Waals surface area contributed by atoms with Crippen LogP contribution in [0.3, 0.4) is 0 Å². The van der Waals surface area contributed by atoms with Gasteiger partial charge in [-0.25, -0.2) is 4.98 Å². The van der Waals surface area contributed by atoms with Gasteiger partial charge in [0.2, 0.25) is 0 Å².